The van der Waals surface area contributed by atoms with Crippen LogP contribution in [0.4, 0.5) is 17.1 Å². The average molecular weight is 456 g/mol. The van der Waals surface area contributed by atoms with Crippen LogP contribution in [0.2, 0.25) is 5.02 Å². The van der Waals surface area contributed by atoms with Crippen LogP contribution in [0.3, 0.4) is 0 Å². The van der Waals surface area contributed by atoms with Gasteiger partial charge >= 0.3 is 5.97 Å². The smallest absolute Gasteiger partial charge is 0.339 e. The van der Waals surface area contributed by atoms with E-state index in [1.807, 2.05) is 0 Å². The summed E-state index contributed by atoms with van der Waals surface area (Å²) >= 11 is 6.03. The number of hydrogen-bond acceptors (Lipinski definition) is 7. The third-order valence-electron chi connectivity index (χ3n) is 4.28. The van der Waals surface area contributed by atoms with Crippen LogP contribution in [0.25, 0.3) is 0 Å². The predicted molar refractivity (Wildman–Crippen MR) is 114 cm³/mol. The fourth-order valence-corrected chi connectivity index (χ4v) is 2.96. The quantitative estimate of drug-likeness (QED) is 0.309. The number of nitro benzene ring substituents is 2. The number of halogens is 1. The van der Waals surface area contributed by atoms with Gasteiger partial charge in [-0.3, -0.25) is 25.0 Å². The summed E-state index contributed by atoms with van der Waals surface area (Å²) < 4.78 is 5.37. The molecule has 162 valence electrons. The van der Waals surface area contributed by atoms with E-state index < -0.39 is 27.8 Å². The van der Waals surface area contributed by atoms with Crippen molar-refractivity contribution in [2.24, 2.45) is 0 Å². The number of benzene rings is 3. The zero-order valence-electron chi connectivity index (χ0n) is 16.1. The van der Waals surface area contributed by atoms with Gasteiger partial charge in [-0.15, -0.1) is 0 Å². The normalized spacial score (nSPS) is 11.3. The molecule has 3 aromatic carbocycles. The van der Waals surface area contributed by atoms with E-state index in [9.17, 15) is 29.8 Å². The molecule has 11 heteroatoms. The molecule has 1 atom stereocenters. The highest BCUT2D eigenvalue weighted by Crippen LogP contribution is 2.29. The van der Waals surface area contributed by atoms with Crippen molar-refractivity contribution in [3.05, 3.63) is 109 Å². The number of non-ortho nitro benzene ring substituents is 2. The van der Waals surface area contributed by atoms with Crippen molar-refractivity contribution >= 4 is 40.5 Å². The molecule has 0 aliphatic heterocycles. The number of anilines is 1. The molecule has 0 fully saturated rings. The second kappa shape index (κ2) is 9.67. The lowest BCUT2D eigenvalue weighted by Gasteiger charge is -2.18. The molecule has 10 nitrogen and oxygen atoms in total. The van der Waals surface area contributed by atoms with Crippen LogP contribution in [0.5, 0.6) is 0 Å². The number of rotatable bonds is 7. The van der Waals surface area contributed by atoms with Crippen LogP contribution in [0.1, 0.15) is 22.0 Å². The minimum atomic E-state index is -1.42. The molecule has 0 radical (unpaired) electrons. The van der Waals surface area contributed by atoms with Gasteiger partial charge in [-0.1, -0.05) is 48.0 Å². The lowest BCUT2D eigenvalue weighted by Crippen LogP contribution is -2.26. The average Bonchev–Trinajstić information content (AvgIpc) is 2.79. The highest BCUT2D eigenvalue weighted by molar-refractivity contribution is 6.34. The second-order valence-corrected chi connectivity index (χ2v) is 6.82. The number of nitro groups is 2. The highest BCUT2D eigenvalue weighted by Gasteiger charge is 2.27. The molecule has 1 unspecified atom stereocenters. The number of esters is 1. The van der Waals surface area contributed by atoms with Gasteiger partial charge in [0.25, 0.3) is 17.3 Å². The number of carbonyl (C=O) groups excluding carboxylic acids is 2. The molecule has 0 spiro atoms. The molecule has 1 N–H and O–H groups in total. The standard InChI is InChI=1S/C21H14ClN3O7/c22-17-12-16(25(30)31)9-10-18(17)23-20(26)19(13-5-2-1-3-6-13)32-21(27)14-7-4-8-15(11-14)24(28)29/h1-12,19H,(H,23,26). The van der Waals surface area contributed by atoms with Crippen molar-refractivity contribution < 1.29 is 24.2 Å². The lowest BCUT2D eigenvalue weighted by molar-refractivity contribution is -0.385. The first-order chi connectivity index (χ1) is 15.3. The fraction of sp³-hybridized carbons (Fsp3) is 0.0476. The summed E-state index contributed by atoms with van der Waals surface area (Å²) in [7, 11) is 0. The molecule has 0 saturated heterocycles. The molecule has 0 bridgehead atoms. The zero-order chi connectivity index (χ0) is 23.3. The van der Waals surface area contributed by atoms with Gasteiger partial charge in [0.15, 0.2) is 0 Å². The lowest BCUT2D eigenvalue weighted by atomic mass is 10.1. The molecule has 3 rings (SSSR count). The summed E-state index contributed by atoms with van der Waals surface area (Å²) in [6, 6.07) is 16.5. The topological polar surface area (TPSA) is 142 Å². The number of hydrogen-bond donors (Lipinski definition) is 1. The maximum absolute atomic E-state index is 12.9. The maximum Gasteiger partial charge on any atom is 0.339 e. The third-order valence-corrected chi connectivity index (χ3v) is 4.59. The number of nitrogens with zero attached hydrogens (tertiary/aromatic N) is 2. The molecule has 0 heterocycles. The van der Waals surface area contributed by atoms with Crippen LogP contribution in [0.15, 0.2) is 72.8 Å². The van der Waals surface area contributed by atoms with E-state index in [0.29, 0.717) is 5.56 Å². The van der Waals surface area contributed by atoms with Gasteiger partial charge in [0.1, 0.15) is 0 Å². The molecule has 0 saturated carbocycles. The van der Waals surface area contributed by atoms with Gasteiger partial charge in [0.2, 0.25) is 6.10 Å². The van der Waals surface area contributed by atoms with E-state index in [1.54, 1.807) is 30.3 Å². The van der Waals surface area contributed by atoms with E-state index in [2.05, 4.69) is 5.32 Å². The Balaban J connectivity index is 1.87. The first-order valence-electron chi connectivity index (χ1n) is 9.01. The summed E-state index contributed by atoms with van der Waals surface area (Å²) in [5, 5.41) is 24.2. The largest absolute Gasteiger partial charge is 0.444 e. The fourth-order valence-electron chi connectivity index (χ4n) is 2.74. The van der Waals surface area contributed by atoms with Crippen LogP contribution >= 0.6 is 11.6 Å². The summed E-state index contributed by atoms with van der Waals surface area (Å²) in [6.07, 6.45) is -1.42. The molecular formula is C21H14ClN3O7. The Morgan fingerprint density at radius 1 is 0.875 bits per heavy atom. The van der Waals surface area contributed by atoms with Gasteiger partial charge in [0, 0.05) is 29.8 Å². The number of nitrogens with one attached hydrogen (secondary N) is 1. The Labute approximate surface area is 185 Å². The van der Waals surface area contributed by atoms with Gasteiger partial charge in [-0.2, -0.15) is 0 Å². The van der Waals surface area contributed by atoms with Crippen molar-refractivity contribution in [1.29, 1.82) is 0 Å². The summed E-state index contributed by atoms with van der Waals surface area (Å²) in [6.45, 7) is 0. The van der Waals surface area contributed by atoms with Crippen LogP contribution in [0, 0.1) is 20.2 Å². The summed E-state index contributed by atoms with van der Waals surface area (Å²) in [5.41, 5.74) is -0.264. The molecule has 1 amide bonds. The molecule has 0 aromatic heterocycles. The predicted octanol–water partition coefficient (Wildman–Crippen LogP) is 4.69. The first-order valence-corrected chi connectivity index (χ1v) is 9.39. The monoisotopic (exact) mass is 455 g/mol. The van der Waals surface area contributed by atoms with E-state index >= 15 is 0 Å². The number of amides is 1. The zero-order valence-corrected chi connectivity index (χ0v) is 16.9. The van der Waals surface area contributed by atoms with E-state index in [-0.39, 0.29) is 27.6 Å². The second-order valence-electron chi connectivity index (χ2n) is 6.41. The van der Waals surface area contributed by atoms with Gasteiger partial charge < -0.3 is 10.1 Å². The SMILES string of the molecule is O=C(OC(C(=O)Nc1ccc([N+](=O)[O-])cc1Cl)c1ccccc1)c1cccc([N+](=O)[O-])c1. The number of ether oxygens (including phenoxy) is 1. The van der Waals surface area contributed by atoms with Gasteiger partial charge in [0.05, 0.1) is 26.1 Å². The van der Waals surface area contributed by atoms with Crippen LogP contribution in [-0.4, -0.2) is 21.7 Å². The van der Waals surface area contributed by atoms with Crippen molar-refractivity contribution in [2.75, 3.05) is 5.32 Å². The van der Waals surface area contributed by atoms with Gasteiger partial charge in [-0.25, -0.2) is 4.79 Å². The minimum absolute atomic E-state index is 0.0783. The Morgan fingerprint density at radius 2 is 1.53 bits per heavy atom. The molecule has 0 aliphatic rings. The third kappa shape index (κ3) is 5.24. The van der Waals surface area contributed by atoms with E-state index in [0.717, 1.165) is 18.2 Å². The van der Waals surface area contributed by atoms with Crippen molar-refractivity contribution in [3.8, 4) is 0 Å². The van der Waals surface area contributed by atoms with Crippen LogP contribution < -0.4 is 5.32 Å². The molecule has 0 aliphatic carbocycles. The Morgan fingerprint density at radius 3 is 2.16 bits per heavy atom. The Bertz CT molecular complexity index is 1200. The van der Waals surface area contributed by atoms with Crippen LogP contribution in [-0.2, 0) is 9.53 Å². The molecular weight excluding hydrogens is 442 g/mol. The summed E-state index contributed by atoms with van der Waals surface area (Å²) in [4.78, 5) is 46.1. The van der Waals surface area contributed by atoms with E-state index in [1.165, 1.54) is 24.3 Å². The first kappa shape index (κ1) is 22.4. The Kier molecular flexibility index (Phi) is 6.76. The van der Waals surface area contributed by atoms with Crippen molar-refractivity contribution in [2.45, 2.75) is 6.10 Å². The van der Waals surface area contributed by atoms with Crippen molar-refractivity contribution in [3.63, 3.8) is 0 Å². The minimum Gasteiger partial charge on any atom is -0.444 e. The van der Waals surface area contributed by atoms with E-state index in [4.69, 9.17) is 16.3 Å². The maximum atomic E-state index is 12.9. The van der Waals surface area contributed by atoms with Gasteiger partial charge in [-0.05, 0) is 12.1 Å². The summed E-state index contributed by atoms with van der Waals surface area (Å²) in [5.74, 6) is -1.72. The van der Waals surface area contributed by atoms with Crippen molar-refractivity contribution in [1.82, 2.24) is 0 Å². The number of carbonyl (C=O) groups is 2. The Hall–Kier alpha value is -4.31. The molecule has 3 aromatic rings. The highest BCUT2D eigenvalue weighted by atomic mass is 35.5. The molecule has 32 heavy (non-hydrogen) atoms.